The SMILES string of the molecule is CNCC1CC2CC(C1C)C2(C)C.Cl. The molecule has 3 aliphatic carbocycles. The highest BCUT2D eigenvalue weighted by Crippen LogP contribution is 2.62. The average Bonchev–Trinajstić information content (AvgIpc) is 2.08. The molecule has 0 saturated heterocycles. The molecule has 3 saturated carbocycles. The lowest BCUT2D eigenvalue weighted by Crippen LogP contribution is -2.56. The van der Waals surface area contributed by atoms with Crippen LogP contribution in [0.2, 0.25) is 0 Å². The third kappa shape index (κ3) is 1.59. The van der Waals surface area contributed by atoms with E-state index in [1.165, 1.54) is 19.4 Å². The molecule has 84 valence electrons. The summed E-state index contributed by atoms with van der Waals surface area (Å²) >= 11 is 0. The van der Waals surface area contributed by atoms with E-state index >= 15 is 0 Å². The van der Waals surface area contributed by atoms with Gasteiger partial charge >= 0.3 is 0 Å². The maximum atomic E-state index is 3.34. The van der Waals surface area contributed by atoms with Gasteiger partial charge in [-0.3, -0.25) is 0 Å². The molecule has 3 aliphatic rings. The second-order valence-corrected chi connectivity index (χ2v) is 5.77. The summed E-state index contributed by atoms with van der Waals surface area (Å²) in [6.07, 6.45) is 2.97. The standard InChI is InChI=1S/C12H23N.ClH/c1-8-9(7-13-4)5-10-6-11(8)12(10,2)3;/h8-11,13H,5-7H2,1-4H3;1H. The zero-order chi connectivity index (χ0) is 9.64. The van der Waals surface area contributed by atoms with Gasteiger partial charge in [0.05, 0.1) is 0 Å². The first kappa shape index (κ1) is 12.3. The van der Waals surface area contributed by atoms with Crippen LogP contribution in [0.15, 0.2) is 0 Å². The number of hydrogen-bond donors (Lipinski definition) is 1. The molecule has 0 radical (unpaired) electrons. The van der Waals surface area contributed by atoms with Crippen LogP contribution >= 0.6 is 12.4 Å². The van der Waals surface area contributed by atoms with Crippen molar-refractivity contribution in [2.24, 2.45) is 29.1 Å². The first-order chi connectivity index (χ1) is 6.07. The molecular formula is C12H24ClN. The summed E-state index contributed by atoms with van der Waals surface area (Å²) < 4.78 is 0. The summed E-state index contributed by atoms with van der Waals surface area (Å²) in [5.41, 5.74) is 0.656. The first-order valence-electron chi connectivity index (χ1n) is 5.72. The molecule has 0 aromatic carbocycles. The Labute approximate surface area is 94.4 Å². The largest absolute Gasteiger partial charge is 0.319 e. The normalized spacial score (nSPS) is 43.7. The van der Waals surface area contributed by atoms with Crippen molar-refractivity contribution in [2.75, 3.05) is 13.6 Å². The number of halogens is 1. The Balaban J connectivity index is 0.000000980. The lowest BCUT2D eigenvalue weighted by molar-refractivity contribution is -0.127. The molecule has 0 aromatic rings. The van der Waals surface area contributed by atoms with Crippen molar-refractivity contribution in [2.45, 2.75) is 33.6 Å². The molecule has 3 fully saturated rings. The van der Waals surface area contributed by atoms with Crippen molar-refractivity contribution in [1.29, 1.82) is 0 Å². The molecule has 0 amide bonds. The van der Waals surface area contributed by atoms with E-state index in [1.807, 2.05) is 0 Å². The quantitative estimate of drug-likeness (QED) is 0.750. The van der Waals surface area contributed by atoms with Crippen LogP contribution in [-0.4, -0.2) is 13.6 Å². The fraction of sp³-hybridized carbons (Fsp3) is 1.00. The molecule has 14 heavy (non-hydrogen) atoms. The van der Waals surface area contributed by atoms with Crippen LogP contribution in [0.1, 0.15) is 33.6 Å². The van der Waals surface area contributed by atoms with Crippen LogP contribution in [0.5, 0.6) is 0 Å². The Morgan fingerprint density at radius 3 is 2.36 bits per heavy atom. The lowest BCUT2D eigenvalue weighted by Gasteiger charge is -2.62. The van der Waals surface area contributed by atoms with E-state index in [0.29, 0.717) is 5.41 Å². The third-order valence-electron chi connectivity index (χ3n) is 4.98. The van der Waals surface area contributed by atoms with Gasteiger partial charge in [-0.25, -0.2) is 0 Å². The zero-order valence-corrected chi connectivity index (χ0v) is 10.7. The molecule has 2 heteroatoms. The van der Waals surface area contributed by atoms with E-state index in [4.69, 9.17) is 0 Å². The molecule has 0 spiro atoms. The van der Waals surface area contributed by atoms with E-state index in [2.05, 4.69) is 33.1 Å². The van der Waals surface area contributed by atoms with Crippen LogP contribution in [0.4, 0.5) is 0 Å². The number of fused-ring (bicyclic) bond motifs is 2. The highest BCUT2D eigenvalue weighted by molar-refractivity contribution is 5.85. The van der Waals surface area contributed by atoms with Crippen molar-refractivity contribution in [1.82, 2.24) is 5.32 Å². The van der Waals surface area contributed by atoms with E-state index < -0.39 is 0 Å². The Morgan fingerprint density at radius 1 is 1.29 bits per heavy atom. The van der Waals surface area contributed by atoms with Crippen molar-refractivity contribution in [3.63, 3.8) is 0 Å². The molecule has 1 N–H and O–H groups in total. The molecule has 0 heterocycles. The maximum absolute atomic E-state index is 3.34. The highest BCUT2D eigenvalue weighted by atomic mass is 35.5. The number of rotatable bonds is 2. The Bertz CT molecular complexity index is 202. The van der Waals surface area contributed by atoms with Gasteiger partial charge in [0.1, 0.15) is 0 Å². The van der Waals surface area contributed by atoms with E-state index in [1.54, 1.807) is 0 Å². The molecule has 3 rings (SSSR count). The fourth-order valence-electron chi connectivity index (χ4n) is 3.79. The van der Waals surface area contributed by atoms with Crippen LogP contribution in [-0.2, 0) is 0 Å². The second-order valence-electron chi connectivity index (χ2n) is 5.77. The van der Waals surface area contributed by atoms with Crippen molar-refractivity contribution in [3.8, 4) is 0 Å². The predicted molar refractivity (Wildman–Crippen MR) is 63.8 cm³/mol. The topological polar surface area (TPSA) is 12.0 Å². The van der Waals surface area contributed by atoms with Crippen LogP contribution in [0.3, 0.4) is 0 Å². The Morgan fingerprint density at radius 2 is 1.93 bits per heavy atom. The van der Waals surface area contributed by atoms with Gasteiger partial charge in [0, 0.05) is 0 Å². The lowest BCUT2D eigenvalue weighted by atomic mass is 9.43. The van der Waals surface area contributed by atoms with Crippen molar-refractivity contribution in [3.05, 3.63) is 0 Å². The van der Waals surface area contributed by atoms with Gasteiger partial charge in [-0.15, -0.1) is 12.4 Å². The minimum Gasteiger partial charge on any atom is -0.319 e. The molecule has 2 bridgehead atoms. The van der Waals surface area contributed by atoms with Crippen LogP contribution < -0.4 is 5.32 Å². The molecular weight excluding hydrogens is 194 g/mol. The van der Waals surface area contributed by atoms with Gasteiger partial charge in [0.15, 0.2) is 0 Å². The Kier molecular flexibility index (Phi) is 3.53. The fourth-order valence-corrected chi connectivity index (χ4v) is 3.79. The molecule has 1 nitrogen and oxygen atoms in total. The smallest absolute Gasteiger partial charge is 0.00208 e. The molecule has 4 atom stereocenters. The van der Waals surface area contributed by atoms with Gasteiger partial charge in [0.25, 0.3) is 0 Å². The van der Waals surface area contributed by atoms with Crippen LogP contribution in [0.25, 0.3) is 0 Å². The number of hydrogen-bond acceptors (Lipinski definition) is 1. The zero-order valence-electron chi connectivity index (χ0n) is 9.84. The summed E-state index contributed by atoms with van der Waals surface area (Å²) in [4.78, 5) is 0. The maximum Gasteiger partial charge on any atom is -0.00208 e. The van der Waals surface area contributed by atoms with Gasteiger partial charge in [0.2, 0.25) is 0 Å². The third-order valence-corrected chi connectivity index (χ3v) is 4.98. The molecule has 4 unspecified atom stereocenters. The van der Waals surface area contributed by atoms with Gasteiger partial charge in [-0.2, -0.15) is 0 Å². The van der Waals surface area contributed by atoms with Gasteiger partial charge in [-0.05, 0) is 55.5 Å². The highest BCUT2D eigenvalue weighted by Gasteiger charge is 2.55. The molecule has 0 aliphatic heterocycles. The van der Waals surface area contributed by atoms with Crippen LogP contribution in [0, 0.1) is 29.1 Å². The summed E-state index contributed by atoms with van der Waals surface area (Å²) in [6.45, 7) is 8.63. The summed E-state index contributed by atoms with van der Waals surface area (Å²) in [5, 5.41) is 3.34. The minimum absolute atomic E-state index is 0. The van der Waals surface area contributed by atoms with E-state index in [-0.39, 0.29) is 12.4 Å². The second kappa shape index (κ2) is 4.02. The summed E-state index contributed by atoms with van der Waals surface area (Å²) in [5.74, 6) is 3.91. The number of nitrogens with one attached hydrogen (secondary N) is 1. The summed E-state index contributed by atoms with van der Waals surface area (Å²) in [7, 11) is 2.08. The first-order valence-corrected chi connectivity index (χ1v) is 5.72. The monoisotopic (exact) mass is 217 g/mol. The minimum atomic E-state index is 0. The van der Waals surface area contributed by atoms with Crippen molar-refractivity contribution >= 4 is 12.4 Å². The van der Waals surface area contributed by atoms with Crippen molar-refractivity contribution < 1.29 is 0 Å². The van der Waals surface area contributed by atoms with E-state index in [0.717, 1.165) is 23.7 Å². The Hall–Kier alpha value is 0.250. The predicted octanol–water partition coefficient (Wildman–Crippen LogP) is 2.95. The summed E-state index contributed by atoms with van der Waals surface area (Å²) in [6, 6.07) is 0. The average molecular weight is 218 g/mol. The van der Waals surface area contributed by atoms with Gasteiger partial charge < -0.3 is 5.32 Å². The molecule has 0 aromatic heterocycles. The van der Waals surface area contributed by atoms with E-state index in [9.17, 15) is 0 Å². The van der Waals surface area contributed by atoms with Gasteiger partial charge in [-0.1, -0.05) is 20.8 Å².